The normalized spacial score (nSPS) is 21.1. The fourth-order valence-corrected chi connectivity index (χ4v) is 4.48. The molecule has 29 heavy (non-hydrogen) atoms. The van der Waals surface area contributed by atoms with Gasteiger partial charge in [0.1, 0.15) is 17.8 Å². The zero-order chi connectivity index (χ0) is 20.2. The van der Waals surface area contributed by atoms with Crippen LogP contribution in [0.1, 0.15) is 16.8 Å². The van der Waals surface area contributed by atoms with Gasteiger partial charge in [-0.15, -0.1) is 0 Å². The van der Waals surface area contributed by atoms with Crippen LogP contribution in [0.4, 0.5) is 10.5 Å². The maximum atomic E-state index is 12.7. The van der Waals surface area contributed by atoms with Crippen molar-refractivity contribution in [3.63, 3.8) is 0 Å². The predicted molar refractivity (Wildman–Crippen MR) is 112 cm³/mol. The Balaban J connectivity index is 1.36. The minimum absolute atomic E-state index is 0.0727. The largest absolute Gasteiger partial charge is 0.473 e. The van der Waals surface area contributed by atoms with Crippen LogP contribution in [0.2, 0.25) is 5.02 Å². The Kier molecular flexibility index (Phi) is 6.10. The average molecular weight is 434 g/mol. The molecule has 2 aliphatic rings. The van der Waals surface area contributed by atoms with E-state index in [9.17, 15) is 9.59 Å². The number of hydrogen-bond acceptors (Lipinski definition) is 6. The van der Waals surface area contributed by atoms with E-state index in [0.717, 1.165) is 17.9 Å². The molecule has 9 heteroatoms. The molecule has 2 saturated heterocycles. The second-order valence-corrected chi connectivity index (χ2v) is 8.35. The van der Waals surface area contributed by atoms with Crippen LogP contribution in [0.25, 0.3) is 0 Å². The van der Waals surface area contributed by atoms with Gasteiger partial charge in [0.2, 0.25) is 5.88 Å². The van der Waals surface area contributed by atoms with Crippen molar-refractivity contribution in [1.82, 2.24) is 10.3 Å². The predicted octanol–water partition coefficient (Wildman–Crippen LogP) is 3.37. The molecule has 0 bridgehead atoms. The Labute approximate surface area is 177 Å². The molecular formula is C20H20ClN3O4S. The number of halogens is 1. The van der Waals surface area contributed by atoms with Crippen LogP contribution < -0.4 is 15.0 Å². The van der Waals surface area contributed by atoms with Crippen molar-refractivity contribution >= 4 is 41.1 Å². The highest BCUT2D eigenvalue weighted by Crippen LogP contribution is 2.25. The summed E-state index contributed by atoms with van der Waals surface area (Å²) in [5.41, 5.74) is 1.04. The van der Waals surface area contributed by atoms with Crippen LogP contribution in [0.15, 0.2) is 42.6 Å². The molecule has 4 rings (SSSR count). The Hall–Kier alpha value is -2.45. The first-order chi connectivity index (χ1) is 14.1. The van der Waals surface area contributed by atoms with Gasteiger partial charge < -0.3 is 14.8 Å². The van der Waals surface area contributed by atoms with Crippen molar-refractivity contribution in [1.29, 1.82) is 0 Å². The lowest BCUT2D eigenvalue weighted by atomic mass is 10.2. The van der Waals surface area contributed by atoms with Crippen LogP contribution in [-0.2, 0) is 4.74 Å². The molecule has 2 amide bonds. The number of nitrogens with zero attached hydrogens (tertiary/aromatic N) is 2. The molecule has 2 fully saturated rings. The van der Waals surface area contributed by atoms with E-state index < -0.39 is 12.2 Å². The van der Waals surface area contributed by atoms with Crippen LogP contribution in [-0.4, -0.2) is 53.8 Å². The number of pyridine rings is 1. The van der Waals surface area contributed by atoms with E-state index in [1.54, 1.807) is 42.6 Å². The maximum Gasteiger partial charge on any atom is 0.414 e. The van der Waals surface area contributed by atoms with E-state index in [1.807, 2.05) is 11.8 Å². The Bertz CT molecular complexity index is 907. The van der Waals surface area contributed by atoms with Crippen LogP contribution in [0, 0.1) is 0 Å². The van der Waals surface area contributed by atoms with Gasteiger partial charge in [-0.3, -0.25) is 9.69 Å². The first kappa shape index (κ1) is 19.8. The van der Waals surface area contributed by atoms with Gasteiger partial charge in [-0.1, -0.05) is 17.7 Å². The third-order valence-electron chi connectivity index (χ3n) is 4.67. The summed E-state index contributed by atoms with van der Waals surface area (Å²) in [6.45, 7) is 0.518. The van der Waals surface area contributed by atoms with Gasteiger partial charge in [0.15, 0.2) is 0 Å². The molecule has 0 spiro atoms. The van der Waals surface area contributed by atoms with Gasteiger partial charge in [-0.2, -0.15) is 11.8 Å². The lowest BCUT2D eigenvalue weighted by molar-refractivity contribution is 0.0908. The second-order valence-electron chi connectivity index (χ2n) is 6.77. The van der Waals surface area contributed by atoms with Crippen molar-refractivity contribution in [2.75, 3.05) is 29.5 Å². The first-order valence-electron chi connectivity index (χ1n) is 9.31. The van der Waals surface area contributed by atoms with Gasteiger partial charge in [-0.25, -0.2) is 9.78 Å². The number of benzene rings is 1. The number of amides is 2. The van der Waals surface area contributed by atoms with Gasteiger partial charge in [0.05, 0.1) is 13.1 Å². The third-order valence-corrected chi connectivity index (χ3v) is 6.03. The number of hydrogen-bond donors (Lipinski definition) is 1. The zero-order valence-corrected chi connectivity index (χ0v) is 17.1. The summed E-state index contributed by atoms with van der Waals surface area (Å²) in [5, 5.41) is 3.35. The highest BCUT2D eigenvalue weighted by molar-refractivity contribution is 7.99. The standard InChI is InChI=1S/C20H20ClN3O4S/c21-13-3-1-4-14(9-13)24-11-16(28-20(24)26)10-23-18(25)17-5-2-7-22-19(17)27-15-6-8-29-12-15/h1-5,7,9,15-16H,6,8,10-12H2,(H,23,25). The summed E-state index contributed by atoms with van der Waals surface area (Å²) in [6, 6.07) is 10.4. The zero-order valence-electron chi connectivity index (χ0n) is 15.5. The molecule has 2 unspecified atom stereocenters. The van der Waals surface area contributed by atoms with Crippen molar-refractivity contribution in [2.24, 2.45) is 0 Å². The van der Waals surface area contributed by atoms with E-state index in [-0.39, 0.29) is 18.6 Å². The fourth-order valence-electron chi connectivity index (χ4n) is 3.21. The molecule has 7 nitrogen and oxygen atoms in total. The van der Waals surface area contributed by atoms with E-state index in [2.05, 4.69) is 10.3 Å². The molecule has 1 aromatic carbocycles. The van der Waals surface area contributed by atoms with Crippen molar-refractivity contribution in [3.8, 4) is 5.88 Å². The van der Waals surface area contributed by atoms with Gasteiger partial charge in [-0.05, 0) is 42.5 Å². The average Bonchev–Trinajstić information content (AvgIpc) is 3.36. The number of carbonyl (C=O) groups is 2. The number of nitrogens with one attached hydrogen (secondary N) is 1. The SMILES string of the molecule is O=C(NCC1CN(c2cccc(Cl)c2)C(=O)O1)c1cccnc1OC1CCSC1. The highest BCUT2D eigenvalue weighted by atomic mass is 35.5. The molecule has 2 atom stereocenters. The second kappa shape index (κ2) is 8.92. The first-order valence-corrected chi connectivity index (χ1v) is 10.8. The smallest absolute Gasteiger partial charge is 0.414 e. The monoisotopic (exact) mass is 433 g/mol. The summed E-state index contributed by atoms with van der Waals surface area (Å²) in [4.78, 5) is 30.6. The fraction of sp³-hybridized carbons (Fsp3) is 0.350. The van der Waals surface area contributed by atoms with E-state index in [4.69, 9.17) is 21.1 Å². The third kappa shape index (κ3) is 4.76. The number of cyclic esters (lactones) is 1. The molecule has 0 aliphatic carbocycles. The minimum atomic E-state index is -0.462. The van der Waals surface area contributed by atoms with Gasteiger partial charge in [0, 0.05) is 22.7 Å². The summed E-state index contributed by atoms with van der Waals surface area (Å²) >= 11 is 7.83. The summed E-state index contributed by atoms with van der Waals surface area (Å²) in [5.74, 6) is 1.97. The summed E-state index contributed by atoms with van der Waals surface area (Å²) in [7, 11) is 0. The molecule has 1 N–H and O–H groups in total. The number of thioether (sulfide) groups is 1. The van der Waals surface area contributed by atoms with E-state index >= 15 is 0 Å². The molecule has 2 aliphatic heterocycles. The molecule has 0 saturated carbocycles. The molecule has 152 valence electrons. The van der Waals surface area contributed by atoms with E-state index in [1.165, 1.54) is 4.90 Å². The molecule has 0 radical (unpaired) electrons. The van der Waals surface area contributed by atoms with Crippen LogP contribution in [0.3, 0.4) is 0 Å². The Morgan fingerprint density at radius 1 is 1.38 bits per heavy atom. The Morgan fingerprint density at radius 3 is 3.07 bits per heavy atom. The highest BCUT2D eigenvalue weighted by Gasteiger charge is 2.33. The number of ether oxygens (including phenoxy) is 2. The van der Waals surface area contributed by atoms with Crippen LogP contribution in [0.5, 0.6) is 5.88 Å². The van der Waals surface area contributed by atoms with Crippen molar-refractivity contribution in [3.05, 3.63) is 53.2 Å². The number of rotatable bonds is 6. The number of aromatic nitrogens is 1. The lowest BCUT2D eigenvalue weighted by Crippen LogP contribution is -2.35. The molecule has 2 aromatic rings. The number of carbonyl (C=O) groups excluding carboxylic acids is 2. The minimum Gasteiger partial charge on any atom is -0.473 e. The summed E-state index contributed by atoms with van der Waals surface area (Å²) < 4.78 is 11.3. The molecule has 3 heterocycles. The molecular weight excluding hydrogens is 414 g/mol. The van der Waals surface area contributed by atoms with Gasteiger partial charge in [0.25, 0.3) is 5.91 Å². The van der Waals surface area contributed by atoms with Crippen molar-refractivity contribution < 1.29 is 19.1 Å². The quantitative estimate of drug-likeness (QED) is 0.752. The summed E-state index contributed by atoms with van der Waals surface area (Å²) in [6.07, 6.45) is 1.70. The Morgan fingerprint density at radius 2 is 2.28 bits per heavy atom. The van der Waals surface area contributed by atoms with E-state index in [0.29, 0.717) is 28.7 Å². The number of anilines is 1. The maximum absolute atomic E-state index is 12.7. The topological polar surface area (TPSA) is 80.8 Å². The molecule has 1 aromatic heterocycles. The van der Waals surface area contributed by atoms with Gasteiger partial charge >= 0.3 is 6.09 Å². The lowest BCUT2D eigenvalue weighted by Gasteiger charge is -2.15. The van der Waals surface area contributed by atoms with Crippen molar-refractivity contribution in [2.45, 2.75) is 18.6 Å². The van der Waals surface area contributed by atoms with Crippen LogP contribution >= 0.6 is 23.4 Å².